The molecule has 2 N–H and O–H groups in total. The summed E-state index contributed by atoms with van der Waals surface area (Å²) in [7, 11) is 1.46. The van der Waals surface area contributed by atoms with Gasteiger partial charge in [0.2, 0.25) is 0 Å². The summed E-state index contributed by atoms with van der Waals surface area (Å²) in [5.74, 6) is -1.21. The third-order valence-corrected chi connectivity index (χ3v) is 6.01. The number of rotatable bonds is 6. The molecule has 10 heteroatoms. The predicted octanol–water partition coefficient (Wildman–Crippen LogP) is 2.63. The molecule has 0 saturated carbocycles. The zero-order valence-electron chi connectivity index (χ0n) is 17.9. The van der Waals surface area contributed by atoms with Gasteiger partial charge in [-0.2, -0.15) is 4.39 Å². The van der Waals surface area contributed by atoms with Crippen LogP contribution < -0.4 is 15.7 Å². The van der Waals surface area contributed by atoms with E-state index in [1.807, 2.05) is 25.1 Å². The van der Waals surface area contributed by atoms with E-state index >= 15 is 0 Å². The fourth-order valence-electron chi connectivity index (χ4n) is 3.93. The van der Waals surface area contributed by atoms with Crippen molar-refractivity contribution in [3.63, 3.8) is 0 Å². The lowest BCUT2D eigenvalue weighted by atomic mass is 10.1. The average Bonchev–Trinajstić information content (AvgIpc) is 3.21. The van der Waals surface area contributed by atoms with E-state index in [0.717, 1.165) is 29.4 Å². The number of pyridine rings is 1. The number of aromatic amines is 1. The molecule has 3 aromatic rings. The van der Waals surface area contributed by atoms with Crippen LogP contribution in [0.4, 0.5) is 4.39 Å². The van der Waals surface area contributed by atoms with Gasteiger partial charge in [0.15, 0.2) is 5.75 Å². The van der Waals surface area contributed by atoms with E-state index in [2.05, 4.69) is 20.2 Å². The largest absolute Gasteiger partial charge is 0.484 e. The van der Waals surface area contributed by atoms with Crippen LogP contribution in [0.5, 0.6) is 5.75 Å². The summed E-state index contributed by atoms with van der Waals surface area (Å²) in [5.41, 5.74) is 1.56. The van der Waals surface area contributed by atoms with E-state index in [1.165, 1.54) is 23.7 Å². The van der Waals surface area contributed by atoms with E-state index in [-0.39, 0.29) is 23.2 Å². The molecular weight excluding hydrogens is 433 g/mol. The molecule has 0 radical (unpaired) electrons. The first-order valence-corrected chi connectivity index (χ1v) is 10.8. The molecule has 8 nitrogen and oxygen atoms in total. The van der Waals surface area contributed by atoms with Crippen molar-refractivity contribution in [1.82, 2.24) is 24.8 Å². The second-order valence-electron chi connectivity index (χ2n) is 7.69. The van der Waals surface area contributed by atoms with Crippen molar-refractivity contribution in [3.05, 3.63) is 62.7 Å². The summed E-state index contributed by atoms with van der Waals surface area (Å²) in [6.45, 7) is 4.49. The van der Waals surface area contributed by atoms with Crippen LogP contribution in [0.1, 0.15) is 29.4 Å². The maximum absolute atomic E-state index is 14.2. The Morgan fingerprint density at radius 3 is 2.91 bits per heavy atom. The van der Waals surface area contributed by atoms with Crippen LogP contribution in [0.3, 0.4) is 0 Å². The maximum atomic E-state index is 14.2. The smallest absolute Gasteiger partial charge is 0.326 e. The van der Waals surface area contributed by atoms with E-state index in [9.17, 15) is 14.0 Å². The predicted molar refractivity (Wildman–Crippen MR) is 121 cm³/mol. The highest BCUT2D eigenvalue weighted by atomic mass is 32.1. The minimum absolute atomic E-state index is 0.00596. The van der Waals surface area contributed by atoms with E-state index < -0.39 is 11.9 Å². The number of carbonyl (C=O) groups excluding carboxylic acids is 1. The number of hydrogen-bond acceptors (Lipinski definition) is 6. The maximum Gasteiger partial charge on any atom is 0.326 e. The van der Waals surface area contributed by atoms with Crippen LogP contribution in [-0.4, -0.2) is 51.6 Å². The number of likely N-dealkylation sites (tertiary alicyclic amines) is 1. The number of aromatic nitrogens is 3. The van der Waals surface area contributed by atoms with Crippen molar-refractivity contribution in [2.75, 3.05) is 20.1 Å². The lowest BCUT2D eigenvalue weighted by molar-refractivity contribution is 0.0956. The molecule has 1 saturated heterocycles. The highest BCUT2D eigenvalue weighted by Gasteiger charge is 2.25. The molecule has 0 bridgehead atoms. The number of ether oxygens (including phenoxy) is 1. The van der Waals surface area contributed by atoms with E-state index in [4.69, 9.17) is 17.0 Å². The molecule has 1 aliphatic rings. The number of nitrogens with one attached hydrogen (secondary N) is 2. The Balaban J connectivity index is 1.43. The van der Waals surface area contributed by atoms with E-state index in [0.29, 0.717) is 24.3 Å². The SMILES string of the molecule is CCn1c(=O)[nH]c2cc(CN3CCC(Oc4ccc(C(=O)NC)nc4F)C3)ccc2c1=S. The molecule has 1 unspecified atom stereocenters. The number of hydrogen-bond donors (Lipinski definition) is 2. The Bertz CT molecular complexity index is 1290. The topological polar surface area (TPSA) is 92.3 Å². The summed E-state index contributed by atoms with van der Waals surface area (Å²) in [6, 6.07) is 8.77. The fraction of sp³-hybridized carbons (Fsp3) is 0.364. The van der Waals surface area contributed by atoms with Gasteiger partial charge in [-0.05, 0) is 43.2 Å². The summed E-state index contributed by atoms with van der Waals surface area (Å²) in [4.78, 5) is 32.6. The van der Waals surface area contributed by atoms with Crippen LogP contribution in [0.2, 0.25) is 0 Å². The number of nitrogens with zero attached hydrogens (tertiary/aromatic N) is 3. The second-order valence-corrected chi connectivity index (χ2v) is 8.07. The monoisotopic (exact) mass is 457 g/mol. The summed E-state index contributed by atoms with van der Waals surface area (Å²) in [6.07, 6.45) is 0.564. The van der Waals surface area contributed by atoms with Crippen LogP contribution in [0.15, 0.2) is 35.1 Å². The lowest BCUT2D eigenvalue weighted by Crippen LogP contribution is -2.25. The van der Waals surface area contributed by atoms with Crippen LogP contribution >= 0.6 is 12.2 Å². The minimum atomic E-state index is -0.799. The Morgan fingerprint density at radius 2 is 2.19 bits per heavy atom. The van der Waals surface area contributed by atoms with Gasteiger partial charge in [-0.15, -0.1) is 0 Å². The van der Waals surface area contributed by atoms with Crippen molar-refractivity contribution >= 4 is 29.0 Å². The minimum Gasteiger partial charge on any atom is -0.484 e. The molecule has 1 atom stereocenters. The van der Waals surface area contributed by atoms with Crippen molar-refractivity contribution in [3.8, 4) is 5.75 Å². The van der Waals surface area contributed by atoms with E-state index in [1.54, 1.807) is 0 Å². The van der Waals surface area contributed by atoms with Gasteiger partial charge in [0.1, 0.15) is 16.4 Å². The number of H-pyrrole nitrogens is 1. The van der Waals surface area contributed by atoms with Gasteiger partial charge >= 0.3 is 5.69 Å². The second kappa shape index (κ2) is 9.17. The molecule has 32 heavy (non-hydrogen) atoms. The Morgan fingerprint density at radius 1 is 1.38 bits per heavy atom. The average molecular weight is 458 g/mol. The van der Waals surface area contributed by atoms with Crippen molar-refractivity contribution in [1.29, 1.82) is 0 Å². The van der Waals surface area contributed by atoms with Gasteiger partial charge in [-0.25, -0.2) is 9.78 Å². The molecular formula is C22H24FN5O3S. The normalized spacial score (nSPS) is 16.4. The molecule has 4 rings (SSSR count). The van der Waals surface area contributed by atoms with Crippen LogP contribution in [0, 0.1) is 10.6 Å². The number of benzene rings is 1. The molecule has 1 aliphatic heterocycles. The molecule has 168 valence electrons. The van der Waals surface area contributed by atoms with Gasteiger partial charge < -0.3 is 15.0 Å². The number of carbonyl (C=O) groups is 1. The number of amides is 1. The molecule has 2 aromatic heterocycles. The summed E-state index contributed by atoms with van der Waals surface area (Å²) in [5, 5.41) is 3.25. The summed E-state index contributed by atoms with van der Waals surface area (Å²) < 4.78 is 22.1. The van der Waals surface area contributed by atoms with Gasteiger partial charge in [0.25, 0.3) is 11.9 Å². The van der Waals surface area contributed by atoms with Gasteiger partial charge in [0, 0.05) is 38.6 Å². The number of halogens is 1. The third-order valence-electron chi connectivity index (χ3n) is 5.57. The van der Waals surface area contributed by atoms with Gasteiger partial charge in [-0.3, -0.25) is 14.3 Å². The molecule has 1 aromatic carbocycles. The standard InChI is InChI=1S/C22H24FN5O3S/c1-3-28-21(32)15-5-4-13(10-17(15)26-22(28)30)11-27-9-8-14(12-27)31-18-7-6-16(20(29)24-2)25-19(18)23/h4-7,10,14H,3,8-9,11-12H2,1-2H3,(H,24,29)(H,26,30). The Labute approximate surface area is 189 Å². The van der Waals surface area contributed by atoms with Crippen molar-refractivity contribution in [2.45, 2.75) is 32.5 Å². The lowest BCUT2D eigenvalue weighted by Gasteiger charge is -2.17. The Hall–Kier alpha value is -3.11. The van der Waals surface area contributed by atoms with Crippen molar-refractivity contribution < 1.29 is 13.9 Å². The zero-order chi connectivity index (χ0) is 22.8. The molecule has 1 fully saturated rings. The Kier molecular flexibility index (Phi) is 6.33. The van der Waals surface area contributed by atoms with Gasteiger partial charge in [0.05, 0.1) is 5.52 Å². The molecule has 1 amide bonds. The fourth-order valence-corrected chi connectivity index (χ4v) is 4.32. The quantitative estimate of drug-likeness (QED) is 0.437. The zero-order valence-corrected chi connectivity index (χ0v) is 18.7. The first kappa shape index (κ1) is 22.1. The number of fused-ring (bicyclic) bond motifs is 1. The van der Waals surface area contributed by atoms with Crippen LogP contribution in [-0.2, 0) is 13.1 Å². The molecule has 0 aliphatic carbocycles. The highest BCUT2D eigenvalue weighted by Crippen LogP contribution is 2.23. The highest BCUT2D eigenvalue weighted by molar-refractivity contribution is 7.71. The third kappa shape index (κ3) is 4.42. The molecule has 3 heterocycles. The molecule has 0 spiro atoms. The van der Waals surface area contributed by atoms with Crippen molar-refractivity contribution in [2.24, 2.45) is 0 Å². The van der Waals surface area contributed by atoms with Crippen LogP contribution in [0.25, 0.3) is 10.9 Å². The first-order chi connectivity index (χ1) is 15.4. The summed E-state index contributed by atoms with van der Waals surface area (Å²) >= 11 is 5.44. The first-order valence-electron chi connectivity index (χ1n) is 10.4. The van der Waals surface area contributed by atoms with Gasteiger partial charge in [-0.1, -0.05) is 18.3 Å².